The van der Waals surface area contributed by atoms with Crippen molar-refractivity contribution in [2.45, 2.75) is 65.7 Å². The molecule has 3 rings (SSSR count). The highest BCUT2D eigenvalue weighted by Crippen LogP contribution is 2.66. The van der Waals surface area contributed by atoms with Crippen LogP contribution in [0.15, 0.2) is 12.2 Å². The molecule has 5 atom stereocenters. The van der Waals surface area contributed by atoms with Crippen LogP contribution in [0.25, 0.3) is 0 Å². The average molecular weight is 232 g/mol. The third-order valence-corrected chi connectivity index (χ3v) is 6.72. The summed E-state index contributed by atoms with van der Waals surface area (Å²) in [5, 5.41) is 0. The fourth-order valence-electron chi connectivity index (χ4n) is 5.97. The van der Waals surface area contributed by atoms with E-state index in [-0.39, 0.29) is 0 Å². The van der Waals surface area contributed by atoms with Gasteiger partial charge in [0.05, 0.1) is 0 Å². The normalized spacial score (nSPS) is 54.3. The third-order valence-electron chi connectivity index (χ3n) is 6.72. The second-order valence-corrected chi connectivity index (χ2v) is 7.86. The Morgan fingerprint density at radius 3 is 2.71 bits per heavy atom. The number of allylic oxidation sites excluding steroid dienone is 1. The van der Waals surface area contributed by atoms with Gasteiger partial charge in [-0.1, -0.05) is 45.8 Å². The molecule has 3 aliphatic carbocycles. The van der Waals surface area contributed by atoms with Crippen molar-refractivity contribution < 1.29 is 0 Å². The number of rotatable bonds is 0. The molecular weight excluding hydrogens is 204 g/mol. The van der Waals surface area contributed by atoms with Gasteiger partial charge in [-0.3, -0.25) is 0 Å². The summed E-state index contributed by atoms with van der Waals surface area (Å²) in [7, 11) is 0. The van der Waals surface area contributed by atoms with Crippen LogP contribution in [0.3, 0.4) is 0 Å². The van der Waals surface area contributed by atoms with Crippen LogP contribution in [-0.2, 0) is 0 Å². The minimum absolute atomic E-state index is 0.597. The predicted octanol–water partition coefficient (Wildman–Crippen LogP) is 5.20. The lowest BCUT2D eigenvalue weighted by Gasteiger charge is -2.57. The van der Waals surface area contributed by atoms with Gasteiger partial charge in [0.1, 0.15) is 0 Å². The van der Waals surface area contributed by atoms with E-state index < -0.39 is 0 Å². The van der Waals surface area contributed by atoms with Gasteiger partial charge in [0.2, 0.25) is 0 Å². The van der Waals surface area contributed by atoms with Crippen LogP contribution >= 0.6 is 0 Å². The Morgan fingerprint density at radius 2 is 1.94 bits per heavy atom. The van der Waals surface area contributed by atoms with Crippen molar-refractivity contribution in [2.75, 3.05) is 0 Å². The fourth-order valence-corrected chi connectivity index (χ4v) is 5.97. The minimum atomic E-state index is 0.597. The molecule has 5 unspecified atom stereocenters. The summed E-state index contributed by atoms with van der Waals surface area (Å²) < 4.78 is 0. The van der Waals surface area contributed by atoms with Gasteiger partial charge in [0.25, 0.3) is 0 Å². The molecule has 0 saturated heterocycles. The summed E-state index contributed by atoms with van der Waals surface area (Å²) in [6, 6.07) is 0. The van der Waals surface area contributed by atoms with Crippen molar-refractivity contribution in [2.24, 2.45) is 28.6 Å². The summed E-state index contributed by atoms with van der Waals surface area (Å²) in [5.74, 6) is 2.90. The van der Waals surface area contributed by atoms with Crippen LogP contribution in [0.1, 0.15) is 65.7 Å². The first-order chi connectivity index (χ1) is 7.96. The smallest absolute Gasteiger partial charge is 0.0252 e. The first-order valence-corrected chi connectivity index (χ1v) is 7.62. The van der Waals surface area contributed by atoms with E-state index in [1.54, 1.807) is 0 Å². The van der Waals surface area contributed by atoms with Crippen LogP contribution in [-0.4, -0.2) is 0 Å². The van der Waals surface area contributed by atoms with Crippen LogP contribution in [0, 0.1) is 28.6 Å². The van der Waals surface area contributed by atoms with Crippen LogP contribution in [0.5, 0.6) is 0 Å². The monoisotopic (exact) mass is 232 g/mol. The van der Waals surface area contributed by atoms with E-state index >= 15 is 0 Å². The topological polar surface area (TPSA) is 0 Å². The van der Waals surface area contributed by atoms with Crippen molar-refractivity contribution in [1.82, 2.24) is 0 Å². The van der Waals surface area contributed by atoms with E-state index in [9.17, 15) is 0 Å². The Balaban J connectivity index is 1.97. The molecule has 17 heavy (non-hydrogen) atoms. The van der Waals surface area contributed by atoms with Gasteiger partial charge in [-0.05, 0) is 60.7 Å². The summed E-state index contributed by atoms with van der Waals surface area (Å²) >= 11 is 0. The summed E-state index contributed by atoms with van der Waals surface area (Å²) in [6.45, 7) is 12.0. The molecule has 0 spiro atoms. The van der Waals surface area contributed by atoms with Gasteiger partial charge in [-0.25, -0.2) is 0 Å². The van der Waals surface area contributed by atoms with E-state index in [0.29, 0.717) is 10.8 Å². The molecule has 96 valence electrons. The summed E-state index contributed by atoms with van der Waals surface area (Å²) in [4.78, 5) is 0. The maximum Gasteiger partial charge on any atom is -0.0252 e. The van der Waals surface area contributed by atoms with E-state index in [1.165, 1.54) is 50.5 Å². The molecule has 0 bridgehead atoms. The minimum Gasteiger partial charge on any atom is -0.0998 e. The molecular formula is C17H28. The SMILES string of the molecule is C=C1CC2C(C)(CCC3C(C)CCCC32C)C1. The molecule has 0 radical (unpaired) electrons. The first kappa shape index (κ1) is 11.8. The van der Waals surface area contributed by atoms with Crippen LogP contribution in [0.2, 0.25) is 0 Å². The lowest BCUT2D eigenvalue weighted by molar-refractivity contribution is -0.0846. The number of hydrogen-bond donors (Lipinski definition) is 0. The number of fused-ring (bicyclic) bond motifs is 3. The first-order valence-electron chi connectivity index (χ1n) is 7.62. The lowest BCUT2D eigenvalue weighted by atomic mass is 9.47. The summed E-state index contributed by atoms with van der Waals surface area (Å²) in [5.41, 5.74) is 2.77. The lowest BCUT2D eigenvalue weighted by Crippen LogP contribution is -2.50. The standard InChI is InChI=1S/C17H28/c1-12-10-15-16(3,11-12)9-7-14-13(2)6-5-8-17(14,15)4/h13-15H,1,5-11H2,2-4H3. The van der Waals surface area contributed by atoms with E-state index in [2.05, 4.69) is 27.4 Å². The highest BCUT2D eigenvalue weighted by Gasteiger charge is 2.57. The van der Waals surface area contributed by atoms with Gasteiger partial charge in [0, 0.05) is 0 Å². The van der Waals surface area contributed by atoms with E-state index in [0.717, 1.165) is 17.8 Å². The zero-order chi connectivity index (χ0) is 12.3. The maximum atomic E-state index is 4.31. The Morgan fingerprint density at radius 1 is 1.18 bits per heavy atom. The van der Waals surface area contributed by atoms with Crippen molar-refractivity contribution in [1.29, 1.82) is 0 Å². The highest BCUT2D eigenvalue weighted by atomic mass is 14.6. The molecule has 3 saturated carbocycles. The fraction of sp³-hybridized carbons (Fsp3) is 0.882. The Hall–Kier alpha value is -0.260. The molecule has 0 aromatic rings. The second kappa shape index (κ2) is 3.62. The largest absolute Gasteiger partial charge is 0.0998 e. The Kier molecular flexibility index (Phi) is 2.51. The predicted molar refractivity (Wildman–Crippen MR) is 73.8 cm³/mol. The molecule has 0 N–H and O–H groups in total. The molecule has 0 heteroatoms. The molecule has 3 aliphatic rings. The van der Waals surface area contributed by atoms with E-state index in [4.69, 9.17) is 0 Å². The molecule has 0 heterocycles. The molecule has 0 amide bonds. The van der Waals surface area contributed by atoms with Crippen molar-refractivity contribution in [3.05, 3.63) is 12.2 Å². The molecule has 0 nitrogen and oxygen atoms in total. The molecule has 3 fully saturated rings. The van der Waals surface area contributed by atoms with Gasteiger partial charge < -0.3 is 0 Å². The molecule has 0 aromatic carbocycles. The summed E-state index contributed by atoms with van der Waals surface area (Å²) in [6.07, 6.45) is 10.0. The Bertz CT molecular complexity index is 342. The Labute approximate surface area is 107 Å². The molecule has 0 aromatic heterocycles. The van der Waals surface area contributed by atoms with Gasteiger partial charge in [-0.15, -0.1) is 0 Å². The maximum absolute atomic E-state index is 4.31. The molecule has 0 aliphatic heterocycles. The zero-order valence-corrected chi connectivity index (χ0v) is 11.9. The van der Waals surface area contributed by atoms with Crippen molar-refractivity contribution in [3.63, 3.8) is 0 Å². The van der Waals surface area contributed by atoms with E-state index in [1.807, 2.05) is 0 Å². The van der Waals surface area contributed by atoms with Crippen molar-refractivity contribution in [3.8, 4) is 0 Å². The van der Waals surface area contributed by atoms with Gasteiger partial charge in [-0.2, -0.15) is 0 Å². The number of hydrogen-bond acceptors (Lipinski definition) is 0. The zero-order valence-electron chi connectivity index (χ0n) is 11.9. The van der Waals surface area contributed by atoms with Crippen LogP contribution < -0.4 is 0 Å². The van der Waals surface area contributed by atoms with Crippen molar-refractivity contribution >= 4 is 0 Å². The average Bonchev–Trinajstić information content (AvgIpc) is 2.54. The quantitative estimate of drug-likeness (QED) is 0.504. The second-order valence-electron chi connectivity index (χ2n) is 7.86. The third kappa shape index (κ3) is 1.55. The van der Waals surface area contributed by atoms with Gasteiger partial charge in [0.15, 0.2) is 0 Å². The highest BCUT2D eigenvalue weighted by molar-refractivity contribution is 5.17. The van der Waals surface area contributed by atoms with Gasteiger partial charge >= 0.3 is 0 Å². The van der Waals surface area contributed by atoms with Crippen LogP contribution in [0.4, 0.5) is 0 Å².